The van der Waals surface area contributed by atoms with Crippen molar-refractivity contribution in [2.24, 2.45) is 0 Å². The van der Waals surface area contributed by atoms with Gasteiger partial charge in [0.15, 0.2) is 6.79 Å². The minimum Gasteiger partial charge on any atom is -0.493 e. The molecule has 0 atom stereocenters. The van der Waals surface area contributed by atoms with Gasteiger partial charge in [-0.05, 0) is 0 Å². The van der Waals surface area contributed by atoms with Crippen LogP contribution >= 0.6 is 0 Å². The minimum absolute atomic E-state index is 0. The van der Waals surface area contributed by atoms with E-state index in [0.717, 1.165) is 11.3 Å². The molecule has 0 aromatic heterocycles. The molecule has 0 spiro atoms. The van der Waals surface area contributed by atoms with Crippen molar-refractivity contribution in [3.63, 3.8) is 0 Å². The molecule has 2 nitrogen and oxygen atoms in total. The summed E-state index contributed by atoms with van der Waals surface area (Å²) < 4.78 is 9.90. The molecule has 0 bridgehead atoms. The Morgan fingerprint density at radius 2 is 2.25 bits per heavy atom. The van der Waals surface area contributed by atoms with Crippen LogP contribution in [0.3, 0.4) is 0 Å². The van der Waals surface area contributed by atoms with Crippen LogP contribution in [-0.2, 0) is 4.74 Å². The van der Waals surface area contributed by atoms with Crippen LogP contribution in [0.15, 0.2) is 18.2 Å². The van der Waals surface area contributed by atoms with Gasteiger partial charge in [0.1, 0.15) is 0 Å². The molecule has 0 aliphatic rings. The Balaban J connectivity index is 0.00000121. The topological polar surface area (TPSA) is 18.5 Å². The summed E-state index contributed by atoms with van der Waals surface area (Å²) in [5, 5.41) is 0. The van der Waals surface area contributed by atoms with E-state index in [1.807, 2.05) is 25.1 Å². The summed E-state index contributed by atoms with van der Waals surface area (Å²) >= 11 is 0. The van der Waals surface area contributed by atoms with Gasteiger partial charge in [-0.2, -0.15) is 17.7 Å². The number of rotatable bonds is 3. The van der Waals surface area contributed by atoms with Crippen LogP contribution in [0, 0.1) is 13.0 Å². The average molecular weight is 158 g/mol. The smallest absolute Gasteiger partial charge is 0.493 e. The Hall–Kier alpha value is -0.423. The normalized spacial score (nSPS) is 8.83. The Bertz CT molecular complexity index is 226. The SMILES string of the molecule is COCOc1[c-]ccc(C)c1.[Li+]. The molecule has 0 fully saturated rings. The second-order valence-corrected chi connectivity index (χ2v) is 2.28. The average Bonchev–Trinajstić information content (AvgIpc) is 2.01. The van der Waals surface area contributed by atoms with Gasteiger partial charge in [0.2, 0.25) is 0 Å². The maximum absolute atomic E-state index is 5.16. The molecule has 0 aliphatic heterocycles. The molecule has 0 amide bonds. The van der Waals surface area contributed by atoms with E-state index >= 15 is 0 Å². The monoisotopic (exact) mass is 158 g/mol. The predicted molar refractivity (Wildman–Crippen MR) is 42.5 cm³/mol. The van der Waals surface area contributed by atoms with E-state index in [4.69, 9.17) is 9.47 Å². The van der Waals surface area contributed by atoms with Crippen LogP contribution in [-0.4, -0.2) is 13.9 Å². The molecule has 3 heteroatoms. The third-order valence-corrected chi connectivity index (χ3v) is 1.26. The molecule has 1 rings (SSSR count). The zero-order valence-electron chi connectivity index (χ0n) is 7.76. The number of hydrogen-bond acceptors (Lipinski definition) is 2. The Kier molecular flexibility index (Phi) is 5.92. The fraction of sp³-hybridized carbons (Fsp3) is 0.333. The molecule has 1 aromatic rings. The second kappa shape index (κ2) is 6.13. The molecule has 1 aromatic carbocycles. The maximum Gasteiger partial charge on any atom is 1.00 e. The fourth-order valence-corrected chi connectivity index (χ4v) is 0.758. The third kappa shape index (κ3) is 3.82. The van der Waals surface area contributed by atoms with Gasteiger partial charge >= 0.3 is 18.9 Å². The van der Waals surface area contributed by atoms with Gasteiger partial charge in [0.05, 0.1) is 0 Å². The van der Waals surface area contributed by atoms with Crippen molar-refractivity contribution in [2.75, 3.05) is 13.9 Å². The summed E-state index contributed by atoms with van der Waals surface area (Å²) in [6.45, 7) is 2.29. The van der Waals surface area contributed by atoms with Gasteiger partial charge < -0.3 is 9.47 Å². The zero-order chi connectivity index (χ0) is 8.10. The van der Waals surface area contributed by atoms with E-state index in [1.165, 1.54) is 0 Å². The molecule has 0 saturated heterocycles. The zero-order valence-corrected chi connectivity index (χ0v) is 7.76. The Morgan fingerprint density at radius 3 is 2.83 bits per heavy atom. The van der Waals surface area contributed by atoms with Gasteiger partial charge in [0, 0.05) is 12.9 Å². The van der Waals surface area contributed by atoms with E-state index in [9.17, 15) is 0 Å². The van der Waals surface area contributed by atoms with Crippen molar-refractivity contribution < 1.29 is 28.3 Å². The van der Waals surface area contributed by atoms with Crippen LogP contribution in [0.25, 0.3) is 0 Å². The third-order valence-electron chi connectivity index (χ3n) is 1.26. The van der Waals surface area contributed by atoms with Gasteiger partial charge in [-0.25, -0.2) is 0 Å². The van der Waals surface area contributed by atoms with Crippen molar-refractivity contribution in [3.8, 4) is 5.75 Å². The van der Waals surface area contributed by atoms with E-state index in [-0.39, 0.29) is 25.7 Å². The molecular weight excluding hydrogens is 147 g/mol. The molecule has 0 N–H and O–H groups in total. The van der Waals surface area contributed by atoms with Gasteiger partial charge in [-0.15, -0.1) is 12.1 Å². The fourth-order valence-electron chi connectivity index (χ4n) is 0.758. The van der Waals surface area contributed by atoms with Crippen LogP contribution in [0.5, 0.6) is 5.75 Å². The first-order valence-corrected chi connectivity index (χ1v) is 3.43. The first-order chi connectivity index (χ1) is 5.33. The van der Waals surface area contributed by atoms with E-state index in [0.29, 0.717) is 0 Å². The Labute approximate surface area is 85.1 Å². The molecule has 0 radical (unpaired) electrons. The number of hydrogen-bond donors (Lipinski definition) is 0. The molecule has 60 valence electrons. The molecule has 0 heterocycles. The minimum atomic E-state index is 0. The Morgan fingerprint density at radius 1 is 1.50 bits per heavy atom. The predicted octanol–water partition coefficient (Wildman–Crippen LogP) is -1.22. The van der Waals surface area contributed by atoms with Crippen molar-refractivity contribution in [1.29, 1.82) is 0 Å². The van der Waals surface area contributed by atoms with Crippen molar-refractivity contribution in [1.82, 2.24) is 0 Å². The number of ether oxygens (including phenoxy) is 2. The summed E-state index contributed by atoms with van der Waals surface area (Å²) in [4.78, 5) is 0. The second-order valence-electron chi connectivity index (χ2n) is 2.28. The van der Waals surface area contributed by atoms with Crippen molar-refractivity contribution >= 4 is 0 Å². The largest absolute Gasteiger partial charge is 1.00 e. The number of benzene rings is 1. The molecular formula is C9H11LiO2. The van der Waals surface area contributed by atoms with Gasteiger partial charge in [-0.1, -0.05) is 6.92 Å². The quantitative estimate of drug-likeness (QED) is 0.312. The first-order valence-electron chi connectivity index (χ1n) is 3.43. The number of aryl methyl sites for hydroxylation is 1. The van der Waals surface area contributed by atoms with E-state index in [1.54, 1.807) is 7.11 Å². The summed E-state index contributed by atoms with van der Waals surface area (Å²) in [7, 11) is 1.59. The van der Waals surface area contributed by atoms with Crippen molar-refractivity contribution in [3.05, 3.63) is 29.8 Å². The summed E-state index contributed by atoms with van der Waals surface area (Å²) in [6.07, 6.45) is 0. The summed E-state index contributed by atoms with van der Waals surface area (Å²) in [5.74, 6) is 0.729. The summed E-state index contributed by atoms with van der Waals surface area (Å²) in [6, 6.07) is 8.66. The molecule has 0 aliphatic carbocycles. The standard InChI is InChI=1S/C9H11O2.Li/c1-8-4-3-5-9(6-8)11-7-10-2;/h3-4,6H,7H2,1-2H3;/q-1;+1. The van der Waals surface area contributed by atoms with E-state index < -0.39 is 0 Å². The van der Waals surface area contributed by atoms with Crippen LogP contribution in [0.2, 0.25) is 0 Å². The maximum atomic E-state index is 5.16. The summed E-state index contributed by atoms with van der Waals surface area (Å²) in [5.41, 5.74) is 1.16. The molecule has 0 unspecified atom stereocenters. The molecule has 12 heavy (non-hydrogen) atoms. The van der Waals surface area contributed by atoms with Crippen LogP contribution in [0.1, 0.15) is 5.56 Å². The van der Waals surface area contributed by atoms with Gasteiger partial charge in [-0.3, -0.25) is 0 Å². The van der Waals surface area contributed by atoms with Crippen molar-refractivity contribution in [2.45, 2.75) is 6.92 Å². The molecule has 0 saturated carbocycles. The van der Waals surface area contributed by atoms with Gasteiger partial charge in [0.25, 0.3) is 0 Å². The van der Waals surface area contributed by atoms with E-state index in [2.05, 4.69) is 6.07 Å². The van der Waals surface area contributed by atoms with Crippen LogP contribution < -0.4 is 23.6 Å². The van der Waals surface area contributed by atoms with Crippen LogP contribution in [0.4, 0.5) is 0 Å². The number of methoxy groups -OCH3 is 1. The first kappa shape index (κ1) is 11.6.